The fourth-order valence-electron chi connectivity index (χ4n) is 9.16. The number of phosphoric ester groups is 1. The molecule has 396 valence electrons. The third-order valence-electron chi connectivity index (χ3n) is 12.7. The predicted octanol–water partition coefficient (Wildman–Crippen LogP) is 12.4. The van der Waals surface area contributed by atoms with Crippen LogP contribution in [0.25, 0.3) is 5.52 Å². The van der Waals surface area contributed by atoms with Crippen molar-refractivity contribution in [1.29, 1.82) is 5.26 Å². The zero-order chi connectivity index (χ0) is 51.7. The first kappa shape index (κ1) is 57.1. The molecule has 4 aromatic rings. The lowest BCUT2D eigenvalue weighted by Crippen LogP contribution is -2.52. The van der Waals surface area contributed by atoms with Crippen molar-refractivity contribution in [2.24, 2.45) is 4.99 Å². The monoisotopic (exact) mass is 1050 g/mol. The van der Waals surface area contributed by atoms with Crippen molar-refractivity contribution < 1.29 is 59.4 Å². The van der Waals surface area contributed by atoms with Crippen LogP contribution in [0.15, 0.2) is 65.9 Å². The molecule has 0 aliphatic carbocycles. The number of rotatable bonds is 33. The first-order valence-electron chi connectivity index (χ1n) is 24.8. The molecule has 5 atom stereocenters. The SMILES string of the molecule is C=NC[C@]1(COP(=O)(OC[C@@H](COCCCCCCCCCCCCCCCCCC(F)(F)F)OCc2cc(F)cc(C#N)c2)Oc2ccccc2Cl)OC[C@]2(c3ccc4c(N)ncnn34)OC(C)(C)O[C@H]12. The summed E-state index contributed by atoms with van der Waals surface area (Å²) in [6.07, 6.45) is 9.48. The Bertz CT molecular complexity index is 2450. The second kappa shape index (κ2) is 26.8. The first-order valence-corrected chi connectivity index (χ1v) is 26.7. The van der Waals surface area contributed by atoms with E-state index in [0.717, 1.165) is 70.3 Å². The average Bonchev–Trinajstić information content (AvgIpc) is 3.99. The van der Waals surface area contributed by atoms with Crippen LogP contribution in [0.5, 0.6) is 5.75 Å². The van der Waals surface area contributed by atoms with Gasteiger partial charge in [0.2, 0.25) is 0 Å². The van der Waals surface area contributed by atoms with E-state index in [-0.39, 0.29) is 61.5 Å². The van der Waals surface area contributed by atoms with Crippen molar-refractivity contribution in [2.45, 2.75) is 159 Å². The lowest BCUT2D eigenvalue weighted by molar-refractivity contribution is -0.209. The minimum atomic E-state index is -4.67. The van der Waals surface area contributed by atoms with Crippen LogP contribution in [0.4, 0.5) is 23.4 Å². The highest BCUT2D eigenvalue weighted by Crippen LogP contribution is 2.57. The van der Waals surface area contributed by atoms with Gasteiger partial charge in [0.05, 0.1) is 61.9 Å². The number of nitrogens with zero attached hydrogens (tertiary/aromatic N) is 5. The molecule has 21 heteroatoms. The number of ether oxygens (including phenoxy) is 5. The summed E-state index contributed by atoms with van der Waals surface area (Å²) in [7, 11) is -4.67. The maximum atomic E-state index is 15.0. The standard InChI is InChI=1S/C51H68ClF4N6O9P/c1-48(2)69-47-49(34-59-3,66-36-50(47,71-48)45-24-23-43-46(58)60-37-61-62(43)45)35-68-72(63,70-44-22-18-17-21-42(44)52)67-33-41(65-31-39-27-38(30-57)28-40(53)29-39)32-64-26-20-16-14-12-10-8-6-4-5-7-9-11-13-15-19-25-51(54,55)56/h17-18,21-24,27-29,37,41,47H,3-16,19-20,25-26,31-36H2,1-2H3,(H2,58,60,61)/t41-,47-,49-,50-,72?/m1/s1. The molecular formula is C51H68ClF4N6O9P. The highest BCUT2D eigenvalue weighted by Gasteiger charge is 2.69. The van der Waals surface area contributed by atoms with Crippen molar-refractivity contribution in [1.82, 2.24) is 14.6 Å². The van der Waals surface area contributed by atoms with Gasteiger partial charge >= 0.3 is 14.0 Å². The number of benzene rings is 2. The lowest BCUT2D eigenvalue weighted by Gasteiger charge is -2.34. The van der Waals surface area contributed by atoms with E-state index in [1.54, 1.807) is 48.7 Å². The number of phosphoric acid groups is 1. The van der Waals surface area contributed by atoms with E-state index >= 15 is 4.57 Å². The van der Waals surface area contributed by atoms with E-state index in [2.05, 4.69) is 21.8 Å². The van der Waals surface area contributed by atoms with Crippen LogP contribution < -0.4 is 10.3 Å². The predicted molar refractivity (Wildman–Crippen MR) is 264 cm³/mol. The van der Waals surface area contributed by atoms with Crippen LogP contribution in [0.2, 0.25) is 5.02 Å². The maximum absolute atomic E-state index is 15.0. The molecule has 2 saturated heterocycles. The van der Waals surface area contributed by atoms with Crippen LogP contribution >= 0.6 is 19.4 Å². The van der Waals surface area contributed by atoms with E-state index in [1.165, 1.54) is 43.8 Å². The molecule has 2 aliphatic heterocycles. The number of hydrogen-bond acceptors (Lipinski definition) is 14. The molecule has 0 amide bonds. The Morgan fingerprint density at radius 2 is 1.62 bits per heavy atom. The summed E-state index contributed by atoms with van der Waals surface area (Å²) in [5.41, 5.74) is 5.07. The number of para-hydroxylation sites is 1. The van der Waals surface area contributed by atoms with Crippen molar-refractivity contribution in [3.05, 3.63) is 88.6 Å². The quantitative estimate of drug-likeness (QED) is 0.0206. The van der Waals surface area contributed by atoms with Crippen LogP contribution in [-0.2, 0) is 49.5 Å². The van der Waals surface area contributed by atoms with Gasteiger partial charge in [-0.1, -0.05) is 107 Å². The van der Waals surface area contributed by atoms with Gasteiger partial charge in [-0.15, -0.1) is 0 Å². The van der Waals surface area contributed by atoms with Gasteiger partial charge in [-0.3, -0.25) is 14.0 Å². The fourth-order valence-corrected chi connectivity index (χ4v) is 10.7. The summed E-state index contributed by atoms with van der Waals surface area (Å²) in [4.78, 5) is 8.31. The van der Waals surface area contributed by atoms with Gasteiger partial charge in [0, 0.05) is 13.0 Å². The molecule has 0 saturated carbocycles. The van der Waals surface area contributed by atoms with Crippen LogP contribution in [-0.4, -0.2) is 90.7 Å². The van der Waals surface area contributed by atoms with Gasteiger partial charge in [-0.05, 0) is 81.4 Å². The Morgan fingerprint density at radius 1 is 0.958 bits per heavy atom. The molecule has 6 rings (SSSR count). The normalized spacial score (nSPS) is 20.8. The first-order chi connectivity index (χ1) is 34.5. The second-order valence-electron chi connectivity index (χ2n) is 19.0. The van der Waals surface area contributed by atoms with Gasteiger partial charge in [0.1, 0.15) is 41.2 Å². The zero-order valence-electron chi connectivity index (χ0n) is 41.2. The van der Waals surface area contributed by atoms with Gasteiger partial charge in [-0.2, -0.15) is 23.5 Å². The summed E-state index contributed by atoms with van der Waals surface area (Å²) in [5.74, 6) is -1.47. The Balaban J connectivity index is 1.05. The van der Waals surface area contributed by atoms with Gasteiger partial charge in [0.25, 0.3) is 0 Å². The van der Waals surface area contributed by atoms with Crippen molar-refractivity contribution >= 4 is 37.5 Å². The van der Waals surface area contributed by atoms with E-state index in [4.69, 9.17) is 54.6 Å². The van der Waals surface area contributed by atoms with Gasteiger partial charge < -0.3 is 33.9 Å². The molecule has 2 aromatic carbocycles. The van der Waals surface area contributed by atoms with E-state index in [9.17, 15) is 22.8 Å². The maximum Gasteiger partial charge on any atom is 0.530 e. The molecule has 4 heterocycles. The zero-order valence-corrected chi connectivity index (χ0v) is 42.9. The van der Waals surface area contributed by atoms with Crippen LogP contribution in [0, 0.1) is 17.1 Å². The Morgan fingerprint density at radius 3 is 2.28 bits per heavy atom. The number of nitriles is 1. The van der Waals surface area contributed by atoms with Gasteiger partial charge in [0.15, 0.2) is 17.2 Å². The number of unbranched alkanes of at least 4 members (excludes halogenated alkanes) is 14. The lowest BCUT2D eigenvalue weighted by atomic mass is 9.85. The van der Waals surface area contributed by atoms with Crippen molar-refractivity contribution in [3.8, 4) is 11.8 Å². The molecule has 72 heavy (non-hydrogen) atoms. The number of aliphatic imine (C=N–C) groups is 1. The highest BCUT2D eigenvalue weighted by molar-refractivity contribution is 7.49. The number of fused-ring (bicyclic) bond motifs is 2. The highest BCUT2D eigenvalue weighted by atomic mass is 35.5. The fraction of sp³-hybridized carbons (Fsp3) is 0.608. The summed E-state index contributed by atoms with van der Waals surface area (Å²) in [5, 5.41) is 14.0. The second-order valence-corrected chi connectivity index (χ2v) is 21.0. The number of hydrogen-bond donors (Lipinski definition) is 1. The number of anilines is 1. The van der Waals surface area contributed by atoms with Crippen molar-refractivity contribution in [3.63, 3.8) is 0 Å². The molecule has 0 spiro atoms. The molecule has 2 N–H and O–H groups in total. The minimum Gasteiger partial charge on any atom is -0.402 e. The number of nitrogen functional groups attached to an aromatic ring is 1. The molecule has 2 fully saturated rings. The number of halogens is 5. The van der Waals surface area contributed by atoms with Crippen LogP contribution in [0.1, 0.15) is 133 Å². The van der Waals surface area contributed by atoms with E-state index < -0.39 is 62.0 Å². The van der Waals surface area contributed by atoms with E-state index in [1.807, 2.05) is 6.07 Å². The molecule has 2 aliphatic rings. The average molecular weight is 1050 g/mol. The Kier molecular flexibility index (Phi) is 21.3. The number of aromatic nitrogens is 3. The summed E-state index contributed by atoms with van der Waals surface area (Å²) in [6.45, 7) is 6.57. The summed E-state index contributed by atoms with van der Waals surface area (Å²) < 4.78 is 118. The van der Waals surface area contributed by atoms with Crippen molar-refractivity contribution in [2.75, 3.05) is 45.3 Å². The molecule has 2 aromatic heterocycles. The van der Waals surface area contributed by atoms with Crippen LogP contribution in [0.3, 0.4) is 0 Å². The Hall–Kier alpha value is -4.22. The number of alkyl halides is 3. The van der Waals surface area contributed by atoms with Gasteiger partial charge in [-0.25, -0.2) is 18.5 Å². The summed E-state index contributed by atoms with van der Waals surface area (Å²) in [6, 6.07) is 15.8. The largest absolute Gasteiger partial charge is 0.530 e. The topological polar surface area (TPSA) is 183 Å². The smallest absolute Gasteiger partial charge is 0.402 e. The minimum absolute atomic E-state index is 0.00219. The molecule has 15 nitrogen and oxygen atoms in total. The molecular weight excluding hydrogens is 983 g/mol. The number of nitrogens with two attached hydrogens (primary N) is 1. The van der Waals surface area contributed by atoms with E-state index in [0.29, 0.717) is 29.8 Å². The Labute approximate surface area is 424 Å². The summed E-state index contributed by atoms with van der Waals surface area (Å²) >= 11 is 6.51. The third-order valence-corrected chi connectivity index (χ3v) is 14.3. The third kappa shape index (κ3) is 16.4. The molecule has 0 bridgehead atoms. The molecule has 1 unspecified atom stereocenters. The molecule has 0 radical (unpaired) electrons.